The summed E-state index contributed by atoms with van der Waals surface area (Å²) >= 11 is 0. The monoisotopic (exact) mass is 308 g/mol. The van der Waals surface area contributed by atoms with Crippen LogP contribution < -0.4 is 15.2 Å². The number of rotatable bonds is 6. The van der Waals surface area contributed by atoms with Crippen molar-refractivity contribution in [2.24, 2.45) is 5.73 Å². The molecule has 2 N–H and O–H groups in total. The van der Waals surface area contributed by atoms with Gasteiger partial charge in [0.25, 0.3) is 5.91 Å². The van der Waals surface area contributed by atoms with E-state index in [0.29, 0.717) is 11.5 Å². The van der Waals surface area contributed by atoms with Crippen molar-refractivity contribution < 1.29 is 19.0 Å². The zero-order chi connectivity index (χ0) is 15.9. The van der Waals surface area contributed by atoms with Crippen molar-refractivity contribution in [3.63, 3.8) is 0 Å². The Kier molecular flexibility index (Phi) is 6.03. The Bertz CT molecular complexity index is 507. The summed E-state index contributed by atoms with van der Waals surface area (Å²) in [6, 6.07) is 5.73. The smallest absolute Gasteiger partial charge is 0.255 e. The van der Waals surface area contributed by atoms with Crippen molar-refractivity contribution in [3.05, 3.63) is 23.8 Å². The van der Waals surface area contributed by atoms with E-state index in [-0.39, 0.29) is 12.7 Å². The molecule has 1 saturated heterocycles. The van der Waals surface area contributed by atoms with Crippen LogP contribution >= 0.6 is 0 Å². The molecule has 22 heavy (non-hydrogen) atoms. The Labute approximate surface area is 131 Å². The van der Waals surface area contributed by atoms with Crippen molar-refractivity contribution in [2.45, 2.75) is 26.0 Å². The maximum Gasteiger partial charge on any atom is 0.255 e. The van der Waals surface area contributed by atoms with Gasteiger partial charge in [0, 0.05) is 26.2 Å². The molecule has 0 bridgehead atoms. The Morgan fingerprint density at radius 3 is 3.00 bits per heavy atom. The highest BCUT2D eigenvalue weighted by Crippen LogP contribution is 2.28. The molecule has 1 aromatic rings. The first-order valence-electron chi connectivity index (χ1n) is 7.50. The third-order valence-corrected chi connectivity index (χ3v) is 3.54. The summed E-state index contributed by atoms with van der Waals surface area (Å²) in [6.07, 6.45) is 1.30. The van der Waals surface area contributed by atoms with Gasteiger partial charge in [-0.3, -0.25) is 9.69 Å². The van der Waals surface area contributed by atoms with E-state index in [2.05, 4.69) is 11.8 Å². The number of nitrogens with zero attached hydrogens (tertiary/aromatic N) is 1. The first-order valence-corrected chi connectivity index (χ1v) is 7.50. The summed E-state index contributed by atoms with van der Waals surface area (Å²) in [7, 11) is 1.58. The van der Waals surface area contributed by atoms with E-state index >= 15 is 0 Å². The van der Waals surface area contributed by atoms with Gasteiger partial charge in [0.15, 0.2) is 18.1 Å². The molecule has 1 amide bonds. The summed E-state index contributed by atoms with van der Waals surface area (Å²) < 4.78 is 16.3. The van der Waals surface area contributed by atoms with Gasteiger partial charge in [-0.1, -0.05) is 6.07 Å². The summed E-state index contributed by atoms with van der Waals surface area (Å²) in [5, 5.41) is 0. The molecule has 1 atom stereocenters. The molecular weight excluding hydrogens is 284 g/mol. The van der Waals surface area contributed by atoms with Gasteiger partial charge in [-0.05, 0) is 31.0 Å². The van der Waals surface area contributed by atoms with Gasteiger partial charge < -0.3 is 19.9 Å². The van der Waals surface area contributed by atoms with E-state index in [1.165, 1.54) is 0 Å². The number of hydrogen-bond donors (Lipinski definition) is 1. The Morgan fingerprint density at radius 2 is 2.27 bits per heavy atom. The van der Waals surface area contributed by atoms with E-state index in [0.717, 1.165) is 38.2 Å². The lowest BCUT2D eigenvalue weighted by molar-refractivity contribution is -0.119. The van der Waals surface area contributed by atoms with Crippen LogP contribution in [-0.2, 0) is 16.1 Å². The van der Waals surface area contributed by atoms with Gasteiger partial charge in [-0.25, -0.2) is 0 Å². The van der Waals surface area contributed by atoms with Gasteiger partial charge >= 0.3 is 0 Å². The third-order valence-electron chi connectivity index (χ3n) is 3.54. The standard InChI is InChI=1S/C16H24N2O4/c1-12-9-18(6-3-7-21-12)10-13-4-5-14(15(8-13)20-2)22-11-16(17)19/h4-5,8,12H,3,6-7,9-11H2,1-2H3,(H2,17,19)/t12-/m1/s1. The van der Waals surface area contributed by atoms with E-state index < -0.39 is 5.91 Å². The molecule has 1 heterocycles. The highest BCUT2D eigenvalue weighted by atomic mass is 16.5. The second kappa shape index (κ2) is 8.00. The number of benzene rings is 1. The van der Waals surface area contributed by atoms with E-state index in [9.17, 15) is 4.79 Å². The Hall–Kier alpha value is -1.79. The first-order chi connectivity index (χ1) is 10.6. The predicted molar refractivity (Wildman–Crippen MR) is 83.0 cm³/mol. The van der Waals surface area contributed by atoms with Crippen LogP contribution in [0.3, 0.4) is 0 Å². The number of carbonyl (C=O) groups is 1. The Morgan fingerprint density at radius 1 is 1.45 bits per heavy atom. The van der Waals surface area contributed by atoms with Crippen LogP contribution in [0, 0.1) is 0 Å². The molecule has 0 spiro atoms. The van der Waals surface area contributed by atoms with Crippen LogP contribution in [0.4, 0.5) is 0 Å². The van der Waals surface area contributed by atoms with Crippen LogP contribution in [-0.4, -0.2) is 50.3 Å². The molecule has 6 heteroatoms. The van der Waals surface area contributed by atoms with Crippen molar-refractivity contribution in [1.29, 1.82) is 0 Å². The number of hydrogen-bond acceptors (Lipinski definition) is 5. The number of primary amides is 1. The van der Waals surface area contributed by atoms with Crippen molar-refractivity contribution in [2.75, 3.05) is 33.4 Å². The molecule has 0 aromatic heterocycles. The molecule has 2 rings (SSSR count). The van der Waals surface area contributed by atoms with Crippen LogP contribution in [0.25, 0.3) is 0 Å². The SMILES string of the molecule is COc1cc(CN2CCCO[C@H](C)C2)ccc1OCC(N)=O. The van der Waals surface area contributed by atoms with Crippen LogP contribution in [0.15, 0.2) is 18.2 Å². The quantitative estimate of drug-likeness (QED) is 0.854. The lowest BCUT2D eigenvalue weighted by atomic mass is 10.1. The molecule has 122 valence electrons. The van der Waals surface area contributed by atoms with Crippen LogP contribution in [0.2, 0.25) is 0 Å². The molecule has 0 saturated carbocycles. The minimum Gasteiger partial charge on any atom is -0.493 e. The highest BCUT2D eigenvalue weighted by molar-refractivity contribution is 5.75. The predicted octanol–water partition coefficient (Wildman–Crippen LogP) is 1.17. The Balaban J connectivity index is 2.03. The number of carbonyl (C=O) groups excluding carboxylic acids is 1. The minimum absolute atomic E-state index is 0.156. The number of nitrogens with two attached hydrogens (primary N) is 1. The lowest BCUT2D eigenvalue weighted by Crippen LogP contribution is -2.29. The number of methoxy groups -OCH3 is 1. The van der Waals surface area contributed by atoms with Gasteiger partial charge in [0.1, 0.15) is 0 Å². The topological polar surface area (TPSA) is 74.0 Å². The summed E-state index contributed by atoms with van der Waals surface area (Å²) in [4.78, 5) is 13.2. The number of amides is 1. The van der Waals surface area contributed by atoms with E-state index in [1.54, 1.807) is 7.11 Å². The average molecular weight is 308 g/mol. The molecule has 1 aromatic carbocycles. The van der Waals surface area contributed by atoms with Crippen molar-refractivity contribution in [3.8, 4) is 11.5 Å². The largest absolute Gasteiger partial charge is 0.493 e. The second-order valence-electron chi connectivity index (χ2n) is 5.51. The van der Waals surface area contributed by atoms with Crippen LogP contribution in [0.5, 0.6) is 11.5 Å². The normalized spacial score (nSPS) is 19.5. The van der Waals surface area contributed by atoms with Crippen molar-refractivity contribution in [1.82, 2.24) is 4.90 Å². The minimum atomic E-state index is -0.510. The fourth-order valence-electron chi connectivity index (χ4n) is 2.56. The van der Waals surface area contributed by atoms with Crippen molar-refractivity contribution >= 4 is 5.91 Å². The van der Waals surface area contributed by atoms with Gasteiger partial charge in [-0.15, -0.1) is 0 Å². The summed E-state index contributed by atoms with van der Waals surface area (Å²) in [5.41, 5.74) is 6.23. The molecule has 0 unspecified atom stereocenters. The van der Waals surface area contributed by atoms with Crippen LogP contribution in [0.1, 0.15) is 18.9 Å². The van der Waals surface area contributed by atoms with Gasteiger partial charge in [0.2, 0.25) is 0 Å². The second-order valence-corrected chi connectivity index (χ2v) is 5.51. The molecule has 1 aliphatic heterocycles. The third kappa shape index (κ3) is 4.89. The number of ether oxygens (including phenoxy) is 3. The highest BCUT2D eigenvalue weighted by Gasteiger charge is 2.16. The lowest BCUT2D eigenvalue weighted by Gasteiger charge is -2.22. The first kappa shape index (κ1) is 16.6. The average Bonchev–Trinajstić information content (AvgIpc) is 2.69. The molecule has 1 fully saturated rings. The fraction of sp³-hybridized carbons (Fsp3) is 0.562. The fourth-order valence-corrected chi connectivity index (χ4v) is 2.56. The molecule has 0 radical (unpaired) electrons. The summed E-state index contributed by atoms with van der Waals surface area (Å²) in [6.45, 7) is 5.53. The molecule has 0 aliphatic carbocycles. The van der Waals surface area contributed by atoms with Gasteiger partial charge in [0.05, 0.1) is 13.2 Å². The maximum atomic E-state index is 10.8. The van der Waals surface area contributed by atoms with Gasteiger partial charge in [-0.2, -0.15) is 0 Å². The maximum absolute atomic E-state index is 10.8. The van der Waals surface area contributed by atoms with E-state index in [1.807, 2.05) is 18.2 Å². The molecule has 6 nitrogen and oxygen atoms in total. The zero-order valence-corrected chi connectivity index (χ0v) is 13.2. The van der Waals surface area contributed by atoms with E-state index in [4.69, 9.17) is 19.9 Å². The summed E-state index contributed by atoms with van der Waals surface area (Å²) in [5.74, 6) is 0.625. The zero-order valence-electron chi connectivity index (χ0n) is 13.2. The molecule has 1 aliphatic rings. The molecular formula is C16H24N2O4.